The van der Waals surface area contributed by atoms with Crippen LogP contribution in [-0.2, 0) is 0 Å². The van der Waals surface area contributed by atoms with Crippen LogP contribution in [0.15, 0.2) is 42.5 Å². The molecule has 0 saturated heterocycles. The van der Waals surface area contributed by atoms with Crippen LogP contribution in [0, 0.1) is 20.8 Å². The summed E-state index contributed by atoms with van der Waals surface area (Å²) >= 11 is 5.81. The van der Waals surface area contributed by atoms with Gasteiger partial charge in [-0.05, 0) is 56.7 Å². The molecule has 0 aliphatic heterocycles. The summed E-state index contributed by atoms with van der Waals surface area (Å²) in [5.74, 6) is -0.563. The minimum Gasteiger partial charge on any atom is -0.350 e. The number of carbonyl (C=O) groups excluding carboxylic acids is 2. The number of benzene rings is 2. The highest BCUT2D eigenvalue weighted by Gasteiger charge is 2.17. The highest BCUT2D eigenvalue weighted by Crippen LogP contribution is 2.15. The average molecular weight is 412 g/mol. The summed E-state index contributed by atoms with van der Waals surface area (Å²) in [6, 6.07) is 12.5. The molecule has 0 fully saturated rings. The normalized spacial score (nSPS) is 10.6. The predicted molar refractivity (Wildman–Crippen MR) is 112 cm³/mol. The fraction of sp³-hybridized carbons (Fsp3) is 0.238. The summed E-state index contributed by atoms with van der Waals surface area (Å²) in [4.78, 5) is 26.0. The number of carbonyl (C=O) groups is 2. The van der Waals surface area contributed by atoms with Crippen LogP contribution in [0.2, 0.25) is 5.02 Å². The first-order valence-electron chi connectivity index (χ1n) is 9.18. The Bertz CT molecular complexity index is 1040. The van der Waals surface area contributed by atoms with Gasteiger partial charge in [-0.2, -0.15) is 9.90 Å². The Balaban J connectivity index is 1.56. The standard InChI is InChI=1S/C21H22ClN5O2/c1-13-4-9-18(14(2)12-13)27-25-15(3)19(26-27)21(29)24-11-10-23-20(28)16-5-7-17(22)8-6-16/h4-9,12H,10-11H2,1-3H3,(H,23,28)(H,24,29). The fourth-order valence-electron chi connectivity index (χ4n) is 2.87. The lowest BCUT2D eigenvalue weighted by atomic mass is 10.1. The monoisotopic (exact) mass is 411 g/mol. The van der Waals surface area contributed by atoms with E-state index in [-0.39, 0.29) is 30.6 Å². The molecule has 0 aliphatic rings. The number of hydrogen-bond acceptors (Lipinski definition) is 4. The topological polar surface area (TPSA) is 88.9 Å². The van der Waals surface area contributed by atoms with Crippen molar-refractivity contribution in [3.8, 4) is 5.69 Å². The molecule has 150 valence electrons. The maximum Gasteiger partial charge on any atom is 0.273 e. The van der Waals surface area contributed by atoms with Crippen molar-refractivity contribution in [2.75, 3.05) is 13.1 Å². The lowest BCUT2D eigenvalue weighted by Gasteiger charge is -2.07. The van der Waals surface area contributed by atoms with Crippen LogP contribution in [-0.4, -0.2) is 39.9 Å². The van der Waals surface area contributed by atoms with E-state index in [1.54, 1.807) is 31.2 Å². The Hall–Kier alpha value is -3.19. The summed E-state index contributed by atoms with van der Waals surface area (Å²) in [5.41, 5.74) is 4.30. The molecule has 1 aromatic heterocycles. The van der Waals surface area contributed by atoms with Gasteiger partial charge in [0.2, 0.25) is 0 Å². The molecule has 2 amide bonds. The Labute approximate surface area is 174 Å². The molecule has 0 bridgehead atoms. The molecule has 0 unspecified atom stereocenters. The number of halogens is 1. The molecule has 2 N–H and O–H groups in total. The van der Waals surface area contributed by atoms with Crippen LogP contribution < -0.4 is 10.6 Å². The van der Waals surface area contributed by atoms with Crippen molar-refractivity contribution >= 4 is 23.4 Å². The SMILES string of the molecule is Cc1ccc(-n2nc(C)c(C(=O)NCCNC(=O)c3ccc(Cl)cc3)n2)c(C)c1. The minimum absolute atomic E-state index is 0.229. The average Bonchev–Trinajstić information content (AvgIpc) is 3.07. The molecular weight excluding hydrogens is 390 g/mol. The fourth-order valence-corrected chi connectivity index (χ4v) is 2.99. The second-order valence-electron chi connectivity index (χ2n) is 6.73. The molecule has 8 heteroatoms. The second-order valence-corrected chi connectivity index (χ2v) is 7.17. The van der Waals surface area contributed by atoms with Crippen molar-refractivity contribution in [2.24, 2.45) is 0 Å². The first-order chi connectivity index (χ1) is 13.8. The van der Waals surface area contributed by atoms with Gasteiger partial charge in [0.25, 0.3) is 11.8 Å². The number of aryl methyl sites for hydroxylation is 3. The molecular formula is C21H22ClN5O2. The Kier molecular flexibility index (Phi) is 6.29. The third kappa shape index (κ3) is 5.00. The zero-order valence-electron chi connectivity index (χ0n) is 16.5. The van der Waals surface area contributed by atoms with Crippen LogP contribution in [0.4, 0.5) is 0 Å². The van der Waals surface area contributed by atoms with E-state index in [0.717, 1.165) is 16.8 Å². The molecule has 0 aliphatic carbocycles. The summed E-state index contributed by atoms with van der Waals surface area (Å²) in [7, 11) is 0. The number of hydrogen-bond donors (Lipinski definition) is 2. The van der Waals surface area contributed by atoms with Crippen molar-refractivity contribution in [2.45, 2.75) is 20.8 Å². The summed E-state index contributed by atoms with van der Waals surface area (Å²) in [5, 5.41) is 14.8. The number of amides is 2. The molecule has 0 saturated carbocycles. The highest BCUT2D eigenvalue weighted by molar-refractivity contribution is 6.30. The molecule has 0 atom stereocenters. The van der Waals surface area contributed by atoms with Crippen molar-refractivity contribution in [1.29, 1.82) is 0 Å². The first kappa shape index (κ1) is 20.5. The number of nitrogens with one attached hydrogen (secondary N) is 2. The molecule has 0 radical (unpaired) electrons. The van der Waals surface area contributed by atoms with Crippen molar-refractivity contribution in [3.05, 3.63) is 75.6 Å². The lowest BCUT2D eigenvalue weighted by molar-refractivity contribution is 0.0924. The van der Waals surface area contributed by atoms with Crippen LogP contribution in [0.1, 0.15) is 37.7 Å². The number of rotatable bonds is 6. The van der Waals surface area contributed by atoms with Gasteiger partial charge < -0.3 is 10.6 Å². The summed E-state index contributed by atoms with van der Waals surface area (Å²) < 4.78 is 0. The number of aromatic nitrogens is 3. The third-order valence-corrected chi connectivity index (χ3v) is 4.62. The van der Waals surface area contributed by atoms with Crippen LogP contribution in [0.25, 0.3) is 5.69 Å². The predicted octanol–water partition coefficient (Wildman–Crippen LogP) is 3.01. The van der Waals surface area contributed by atoms with E-state index in [9.17, 15) is 9.59 Å². The highest BCUT2D eigenvalue weighted by atomic mass is 35.5. The molecule has 3 rings (SSSR count). The molecule has 3 aromatic rings. The molecule has 2 aromatic carbocycles. The molecule has 7 nitrogen and oxygen atoms in total. The largest absolute Gasteiger partial charge is 0.350 e. The zero-order valence-corrected chi connectivity index (χ0v) is 17.2. The number of nitrogens with zero attached hydrogens (tertiary/aromatic N) is 3. The van der Waals surface area contributed by atoms with Gasteiger partial charge in [-0.15, -0.1) is 5.10 Å². The first-order valence-corrected chi connectivity index (χ1v) is 9.56. The van der Waals surface area contributed by atoms with Crippen molar-refractivity contribution in [3.63, 3.8) is 0 Å². The molecule has 1 heterocycles. The van der Waals surface area contributed by atoms with Gasteiger partial charge >= 0.3 is 0 Å². The van der Waals surface area contributed by atoms with Gasteiger partial charge in [0.15, 0.2) is 5.69 Å². The van der Waals surface area contributed by atoms with E-state index in [0.29, 0.717) is 16.3 Å². The van der Waals surface area contributed by atoms with E-state index in [2.05, 4.69) is 20.8 Å². The summed E-state index contributed by atoms with van der Waals surface area (Å²) in [6.45, 7) is 6.29. The van der Waals surface area contributed by atoms with Crippen LogP contribution in [0.5, 0.6) is 0 Å². The van der Waals surface area contributed by atoms with E-state index in [1.807, 2.05) is 32.0 Å². The van der Waals surface area contributed by atoms with Gasteiger partial charge in [-0.3, -0.25) is 9.59 Å². The van der Waals surface area contributed by atoms with E-state index >= 15 is 0 Å². The molecule has 29 heavy (non-hydrogen) atoms. The van der Waals surface area contributed by atoms with E-state index in [4.69, 9.17) is 11.6 Å². The van der Waals surface area contributed by atoms with Crippen LogP contribution >= 0.6 is 11.6 Å². The van der Waals surface area contributed by atoms with Gasteiger partial charge in [0, 0.05) is 23.7 Å². The Morgan fingerprint density at radius 2 is 1.59 bits per heavy atom. The Morgan fingerprint density at radius 1 is 0.931 bits per heavy atom. The van der Waals surface area contributed by atoms with E-state index < -0.39 is 0 Å². The minimum atomic E-state index is -0.334. The lowest BCUT2D eigenvalue weighted by Crippen LogP contribution is -2.35. The smallest absolute Gasteiger partial charge is 0.273 e. The van der Waals surface area contributed by atoms with Gasteiger partial charge in [0.1, 0.15) is 0 Å². The van der Waals surface area contributed by atoms with Crippen LogP contribution in [0.3, 0.4) is 0 Å². The third-order valence-electron chi connectivity index (χ3n) is 4.37. The molecule has 0 spiro atoms. The van der Waals surface area contributed by atoms with Crippen molar-refractivity contribution in [1.82, 2.24) is 25.6 Å². The second kappa shape index (κ2) is 8.87. The maximum atomic E-state index is 12.4. The van der Waals surface area contributed by atoms with E-state index in [1.165, 1.54) is 4.80 Å². The maximum absolute atomic E-state index is 12.4. The van der Waals surface area contributed by atoms with Gasteiger partial charge in [-0.25, -0.2) is 0 Å². The van der Waals surface area contributed by atoms with Crippen molar-refractivity contribution < 1.29 is 9.59 Å². The van der Waals surface area contributed by atoms with Gasteiger partial charge in [-0.1, -0.05) is 29.3 Å². The Morgan fingerprint density at radius 3 is 2.24 bits per heavy atom. The zero-order chi connectivity index (χ0) is 21.0. The quantitative estimate of drug-likeness (QED) is 0.610. The summed E-state index contributed by atoms with van der Waals surface area (Å²) in [6.07, 6.45) is 0. The van der Waals surface area contributed by atoms with Gasteiger partial charge in [0.05, 0.1) is 11.4 Å².